The van der Waals surface area contributed by atoms with Gasteiger partial charge in [0.25, 0.3) is 0 Å². The van der Waals surface area contributed by atoms with Crippen LogP contribution in [0.4, 0.5) is 0 Å². The molecule has 0 aliphatic carbocycles. The van der Waals surface area contributed by atoms with Gasteiger partial charge in [0, 0.05) is 19.1 Å². The van der Waals surface area contributed by atoms with Crippen molar-refractivity contribution in [2.24, 2.45) is 0 Å². The predicted octanol–water partition coefficient (Wildman–Crippen LogP) is 2.14. The first kappa shape index (κ1) is 16.9. The lowest BCUT2D eigenvalue weighted by molar-refractivity contribution is 0.131. The van der Waals surface area contributed by atoms with Crippen molar-refractivity contribution in [2.45, 2.75) is 38.3 Å². The quantitative estimate of drug-likeness (QED) is 0.773. The molecule has 1 aliphatic heterocycles. The van der Waals surface area contributed by atoms with Gasteiger partial charge >= 0.3 is 0 Å². The molecule has 0 amide bonds. The third-order valence-corrected chi connectivity index (χ3v) is 4.90. The number of nitrogens with one attached hydrogen (secondary N) is 1. The molecule has 1 aromatic rings. The molecule has 118 valence electrons. The smallest absolute Gasteiger partial charge is 0.208 e. The van der Waals surface area contributed by atoms with Crippen LogP contribution in [0.5, 0.6) is 0 Å². The van der Waals surface area contributed by atoms with E-state index in [4.69, 9.17) is 0 Å². The zero-order chi connectivity index (χ0) is 15.3. The Labute approximate surface area is 135 Å². The summed E-state index contributed by atoms with van der Waals surface area (Å²) in [5, 5.41) is 0. The van der Waals surface area contributed by atoms with Crippen molar-refractivity contribution in [3.05, 3.63) is 28.5 Å². The van der Waals surface area contributed by atoms with E-state index in [-0.39, 0.29) is 0 Å². The minimum Gasteiger partial charge on any atom is -0.295 e. The van der Waals surface area contributed by atoms with Crippen molar-refractivity contribution < 1.29 is 8.42 Å². The maximum atomic E-state index is 11.1. The lowest BCUT2D eigenvalue weighted by Crippen LogP contribution is -2.41. The number of hydrogen-bond acceptors (Lipinski definition) is 4. The fourth-order valence-electron chi connectivity index (χ4n) is 2.75. The lowest BCUT2D eigenvalue weighted by atomic mass is 9.99. The summed E-state index contributed by atoms with van der Waals surface area (Å²) in [5.41, 5.74) is 1.05. The van der Waals surface area contributed by atoms with Gasteiger partial charge in [0.05, 0.1) is 11.9 Å². The average Bonchev–Trinajstić information content (AvgIpc) is 2.39. The molecule has 1 unspecified atom stereocenters. The van der Waals surface area contributed by atoms with Crippen LogP contribution in [0.25, 0.3) is 0 Å². The molecule has 2 heterocycles. The number of halogens is 1. The van der Waals surface area contributed by atoms with E-state index in [0.717, 1.165) is 36.2 Å². The van der Waals surface area contributed by atoms with Gasteiger partial charge in [0.15, 0.2) is 0 Å². The molecule has 1 N–H and O–H groups in total. The van der Waals surface area contributed by atoms with Crippen LogP contribution in [0.15, 0.2) is 22.8 Å². The maximum absolute atomic E-state index is 11.1. The van der Waals surface area contributed by atoms with Crippen LogP contribution >= 0.6 is 15.9 Å². The maximum Gasteiger partial charge on any atom is 0.208 e. The molecule has 7 heteroatoms. The van der Waals surface area contributed by atoms with E-state index in [0.29, 0.717) is 12.6 Å². The molecule has 0 aromatic carbocycles. The molecule has 1 saturated heterocycles. The largest absolute Gasteiger partial charge is 0.295 e. The third kappa shape index (κ3) is 6.02. The van der Waals surface area contributed by atoms with Gasteiger partial charge in [-0.3, -0.25) is 4.90 Å². The third-order valence-electron chi connectivity index (χ3n) is 3.73. The number of hydrogen-bond donors (Lipinski definition) is 1. The van der Waals surface area contributed by atoms with Gasteiger partial charge in [-0.15, -0.1) is 0 Å². The summed E-state index contributed by atoms with van der Waals surface area (Å²) in [6, 6.07) is 6.38. The van der Waals surface area contributed by atoms with E-state index in [1.165, 1.54) is 19.1 Å². The van der Waals surface area contributed by atoms with E-state index in [2.05, 4.69) is 30.5 Å². The van der Waals surface area contributed by atoms with Crippen LogP contribution in [-0.2, 0) is 16.6 Å². The minimum absolute atomic E-state index is 0.425. The van der Waals surface area contributed by atoms with Crippen LogP contribution in [0.3, 0.4) is 0 Å². The highest BCUT2D eigenvalue weighted by molar-refractivity contribution is 9.10. The molecule has 0 radical (unpaired) electrons. The molecule has 1 aliphatic rings. The van der Waals surface area contributed by atoms with E-state index >= 15 is 0 Å². The van der Waals surface area contributed by atoms with E-state index in [9.17, 15) is 8.42 Å². The zero-order valence-electron chi connectivity index (χ0n) is 12.3. The van der Waals surface area contributed by atoms with Crippen molar-refractivity contribution in [3.8, 4) is 0 Å². The van der Waals surface area contributed by atoms with Gasteiger partial charge in [-0.25, -0.2) is 18.1 Å². The van der Waals surface area contributed by atoms with Crippen LogP contribution < -0.4 is 4.72 Å². The zero-order valence-corrected chi connectivity index (χ0v) is 14.7. The summed E-state index contributed by atoms with van der Waals surface area (Å²) >= 11 is 3.40. The van der Waals surface area contributed by atoms with Crippen molar-refractivity contribution in [3.63, 3.8) is 0 Å². The second-order valence-corrected chi connectivity index (χ2v) is 8.17. The first-order chi connectivity index (χ1) is 9.94. The normalized spacial score (nSPS) is 20.6. The number of piperidine rings is 1. The van der Waals surface area contributed by atoms with Gasteiger partial charge in [-0.05, 0) is 53.9 Å². The van der Waals surface area contributed by atoms with Crippen LogP contribution in [0.2, 0.25) is 0 Å². The predicted molar refractivity (Wildman–Crippen MR) is 87.4 cm³/mol. The summed E-state index contributed by atoms with van der Waals surface area (Å²) in [6.45, 7) is 2.38. The first-order valence-corrected chi connectivity index (χ1v) is 9.92. The highest BCUT2D eigenvalue weighted by Gasteiger charge is 2.22. The molecule has 2 rings (SSSR count). The van der Waals surface area contributed by atoms with Gasteiger partial charge < -0.3 is 0 Å². The molecule has 1 atom stereocenters. The Bertz CT molecular complexity index is 565. The molecule has 1 fully saturated rings. The van der Waals surface area contributed by atoms with Crippen LogP contribution in [-0.4, -0.2) is 43.7 Å². The van der Waals surface area contributed by atoms with Gasteiger partial charge in [0.2, 0.25) is 10.0 Å². The minimum atomic E-state index is -3.09. The molecule has 21 heavy (non-hydrogen) atoms. The molecule has 0 bridgehead atoms. The SMILES string of the molecule is CS(=O)(=O)NCCC1CCCCN1Cc1cccc(Br)n1. The molecule has 0 spiro atoms. The Morgan fingerprint density at radius 2 is 2.24 bits per heavy atom. The highest BCUT2D eigenvalue weighted by Crippen LogP contribution is 2.21. The Hall–Kier alpha value is -0.500. The molecule has 5 nitrogen and oxygen atoms in total. The fourth-order valence-corrected chi connectivity index (χ4v) is 3.62. The van der Waals surface area contributed by atoms with Crippen molar-refractivity contribution in [1.82, 2.24) is 14.6 Å². The topological polar surface area (TPSA) is 62.3 Å². The fraction of sp³-hybridized carbons (Fsp3) is 0.643. The second-order valence-electron chi connectivity index (χ2n) is 5.53. The number of likely N-dealkylation sites (tertiary alicyclic amines) is 1. The molecular weight excluding hydrogens is 354 g/mol. The summed E-state index contributed by atoms with van der Waals surface area (Å²) in [5.74, 6) is 0. The van der Waals surface area contributed by atoms with Crippen LogP contribution in [0, 0.1) is 0 Å². The summed E-state index contributed by atoms with van der Waals surface area (Å²) in [7, 11) is -3.09. The lowest BCUT2D eigenvalue weighted by Gasteiger charge is -2.35. The second kappa shape index (κ2) is 7.67. The van der Waals surface area contributed by atoms with Crippen molar-refractivity contribution in [2.75, 3.05) is 19.3 Å². The Morgan fingerprint density at radius 3 is 2.95 bits per heavy atom. The summed E-state index contributed by atoms with van der Waals surface area (Å²) in [6.07, 6.45) is 5.59. The standard InChI is InChI=1S/C14H22BrN3O2S/c1-21(19,20)16-9-8-13-6-2-3-10-18(13)11-12-5-4-7-14(15)17-12/h4-5,7,13,16H,2-3,6,8-11H2,1H3. The highest BCUT2D eigenvalue weighted by atomic mass is 79.9. The van der Waals surface area contributed by atoms with Gasteiger partial charge in [-0.2, -0.15) is 0 Å². The number of aromatic nitrogens is 1. The number of nitrogens with zero attached hydrogens (tertiary/aromatic N) is 2. The number of sulfonamides is 1. The first-order valence-electron chi connectivity index (χ1n) is 7.24. The van der Waals surface area contributed by atoms with Gasteiger partial charge in [-0.1, -0.05) is 12.5 Å². The summed E-state index contributed by atoms with van der Waals surface area (Å²) < 4.78 is 25.7. The Kier molecular flexibility index (Phi) is 6.16. The van der Waals surface area contributed by atoms with Crippen LogP contribution in [0.1, 0.15) is 31.4 Å². The van der Waals surface area contributed by atoms with Crippen molar-refractivity contribution in [1.29, 1.82) is 0 Å². The molecular formula is C14H22BrN3O2S. The summed E-state index contributed by atoms with van der Waals surface area (Å²) in [4.78, 5) is 6.90. The number of rotatable bonds is 6. The molecule has 0 saturated carbocycles. The van der Waals surface area contributed by atoms with E-state index in [1.807, 2.05) is 18.2 Å². The van der Waals surface area contributed by atoms with Gasteiger partial charge in [0.1, 0.15) is 4.60 Å². The monoisotopic (exact) mass is 375 g/mol. The van der Waals surface area contributed by atoms with Crippen molar-refractivity contribution >= 4 is 26.0 Å². The van der Waals surface area contributed by atoms with E-state index in [1.54, 1.807) is 0 Å². The number of pyridine rings is 1. The Morgan fingerprint density at radius 1 is 1.43 bits per heavy atom. The Balaban J connectivity index is 1.92. The average molecular weight is 376 g/mol. The van der Waals surface area contributed by atoms with E-state index < -0.39 is 10.0 Å². The molecule has 1 aromatic heterocycles.